The second-order valence-corrected chi connectivity index (χ2v) is 9.14. The first kappa shape index (κ1) is 23.3. The molecule has 1 amide bonds. The number of anilines is 2. The number of aliphatic hydroxyl groups is 1. The van der Waals surface area contributed by atoms with Gasteiger partial charge in [0.25, 0.3) is 5.91 Å². The fourth-order valence-electron chi connectivity index (χ4n) is 4.44. The largest absolute Gasteiger partial charge is 0.391 e. The van der Waals surface area contributed by atoms with Crippen LogP contribution in [0.3, 0.4) is 0 Å². The van der Waals surface area contributed by atoms with Crippen molar-refractivity contribution >= 4 is 23.1 Å². The molecule has 0 radical (unpaired) electrons. The highest BCUT2D eigenvalue weighted by Crippen LogP contribution is 2.30. The number of carbonyl (C=O) groups excluding carboxylic acids is 1. The van der Waals surface area contributed by atoms with Crippen molar-refractivity contribution in [3.05, 3.63) is 54.2 Å². The highest BCUT2D eigenvalue weighted by molar-refractivity contribution is 6.01. The Morgan fingerprint density at radius 1 is 1.28 bits per heavy atom. The van der Waals surface area contributed by atoms with Crippen molar-refractivity contribution in [3.63, 3.8) is 0 Å². The maximum atomic E-state index is 12.3. The standard InChI is InChI=1S/C24H26N10O2/c1-14-9-32(21-4-3-16(5-25)6-27-21)12-19(14)30-22-18(23(26)36)8-29-34-13-20(31-24(22)34)17-7-28-33(11-17)10-15(2)35/h3-4,6-8,11,13-15,19,30,35H,9-10,12H2,1-2H3,(H2,26,36)/t14-,15+,19+/m0/s1. The minimum absolute atomic E-state index is 0.0133. The number of fused-ring (bicyclic) bond motifs is 1. The Hall–Kier alpha value is -4.50. The summed E-state index contributed by atoms with van der Waals surface area (Å²) in [4.78, 5) is 23.6. The van der Waals surface area contributed by atoms with Crippen molar-refractivity contribution in [1.82, 2.24) is 29.4 Å². The molecule has 0 spiro atoms. The van der Waals surface area contributed by atoms with E-state index in [1.165, 1.54) is 6.20 Å². The average molecular weight is 487 g/mol. The second-order valence-electron chi connectivity index (χ2n) is 9.14. The number of nitrogens with zero attached hydrogens (tertiary/aromatic N) is 8. The number of rotatable bonds is 7. The Labute approximate surface area is 207 Å². The van der Waals surface area contributed by atoms with Crippen LogP contribution in [0, 0.1) is 17.2 Å². The van der Waals surface area contributed by atoms with E-state index in [1.54, 1.807) is 47.0 Å². The maximum absolute atomic E-state index is 12.3. The van der Waals surface area contributed by atoms with Gasteiger partial charge in [-0.2, -0.15) is 15.5 Å². The molecule has 5 heterocycles. The van der Waals surface area contributed by atoms with Crippen molar-refractivity contribution in [1.29, 1.82) is 5.26 Å². The fourth-order valence-corrected chi connectivity index (χ4v) is 4.44. The van der Waals surface area contributed by atoms with E-state index in [1.807, 2.05) is 6.07 Å². The molecule has 12 nitrogen and oxygen atoms in total. The van der Waals surface area contributed by atoms with Gasteiger partial charge in [0.05, 0.1) is 53.7 Å². The van der Waals surface area contributed by atoms with Crippen LogP contribution in [0.2, 0.25) is 0 Å². The van der Waals surface area contributed by atoms with E-state index < -0.39 is 12.0 Å². The zero-order valence-electron chi connectivity index (χ0n) is 19.9. The number of nitrogens with two attached hydrogens (primary N) is 1. The van der Waals surface area contributed by atoms with E-state index in [9.17, 15) is 9.90 Å². The van der Waals surface area contributed by atoms with Gasteiger partial charge in [-0.1, -0.05) is 6.92 Å². The molecule has 0 bridgehead atoms. The molecule has 1 fully saturated rings. The molecular formula is C24H26N10O2. The number of imidazole rings is 1. The Morgan fingerprint density at radius 3 is 2.81 bits per heavy atom. The lowest BCUT2D eigenvalue weighted by Gasteiger charge is -2.20. The number of primary amides is 1. The molecule has 5 rings (SSSR count). The molecule has 12 heteroatoms. The van der Waals surface area contributed by atoms with Gasteiger partial charge in [0, 0.05) is 37.1 Å². The third-order valence-electron chi connectivity index (χ3n) is 6.28. The van der Waals surface area contributed by atoms with Gasteiger partial charge in [0.2, 0.25) is 0 Å². The molecule has 1 aliphatic heterocycles. The van der Waals surface area contributed by atoms with E-state index in [0.717, 1.165) is 17.9 Å². The predicted molar refractivity (Wildman–Crippen MR) is 132 cm³/mol. The Balaban J connectivity index is 1.45. The van der Waals surface area contributed by atoms with Crippen molar-refractivity contribution in [2.24, 2.45) is 11.7 Å². The fraction of sp³-hybridized carbons (Fsp3) is 0.333. The van der Waals surface area contributed by atoms with E-state index in [4.69, 9.17) is 16.0 Å². The van der Waals surface area contributed by atoms with Gasteiger partial charge >= 0.3 is 0 Å². The van der Waals surface area contributed by atoms with Crippen LogP contribution in [0.5, 0.6) is 0 Å². The topological polar surface area (TPSA) is 163 Å². The molecule has 0 saturated carbocycles. The Kier molecular flexibility index (Phi) is 5.99. The predicted octanol–water partition coefficient (Wildman–Crippen LogP) is 1.28. The van der Waals surface area contributed by atoms with Crippen LogP contribution in [-0.4, -0.2) is 65.6 Å². The van der Waals surface area contributed by atoms with Gasteiger partial charge < -0.3 is 21.1 Å². The minimum atomic E-state index is -0.599. The first-order valence-electron chi connectivity index (χ1n) is 11.6. The highest BCUT2D eigenvalue weighted by Gasteiger charge is 2.32. The average Bonchev–Trinajstić information content (AvgIpc) is 3.57. The second kappa shape index (κ2) is 9.27. The van der Waals surface area contributed by atoms with E-state index in [2.05, 4.69) is 38.4 Å². The monoisotopic (exact) mass is 486 g/mol. The van der Waals surface area contributed by atoms with Crippen molar-refractivity contribution in [2.75, 3.05) is 23.3 Å². The number of hydrogen-bond acceptors (Lipinski definition) is 9. The van der Waals surface area contributed by atoms with E-state index in [0.29, 0.717) is 35.7 Å². The zero-order chi connectivity index (χ0) is 25.4. The number of carbonyl (C=O) groups is 1. The number of pyridine rings is 1. The summed E-state index contributed by atoms with van der Waals surface area (Å²) in [7, 11) is 0. The molecule has 4 N–H and O–H groups in total. The third-order valence-corrected chi connectivity index (χ3v) is 6.28. The molecule has 36 heavy (non-hydrogen) atoms. The molecular weight excluding hydrogens is 460 g/mol. The molecule has 1 aliphatic rings. The molecule has 4 aromatic heterocycles. The Bertz CT molecular complexity index is 1450. The summed E-state index contributed by atoms with van der Waals surface area (Å²) in [6.07, 6.45) is 7.72. The van der Waals surface area contributed by atoms with Gasteiger partial charge in [0.15, 0.2) is 5.65 Å². The normalized spacial score (nSPS) is 18.3. The first-order chi connectivity index (χ1) is 17.3. The van der Waals surface area contributed by atoms with Gasteiger partial charge in [-0.3, -0.25) is 9.48 Å². The van der Waals surface area contributed by atoms with E-state index in [-0.39, 0.29) is 17.5 Å². The number of aliphatic hydroxyl groups excluding tert-OH is 1. The lowest BCUT2D eigenvalue weighted by molar-refractivity contribution is 0.100. The maximum Gasteiger partial charge on any atom is 0.252 e. The summed E-state index contributed by atoms with van der Waals surface area (Å²) in [5, 5.41) is 30.8. The van der Waals surface area contributed by atoms with E-state index >= 15 is 0 Å². The van der Waals surface area contributed by atoms with Crippen LogP contribution in [0.25, 0.3) is 16.9 Å². The quantitative estimate of drug-likeness (QED) is 0.349. The van der Waals surface area contributed by atoms with Crippen LogP contribution in [0.4, 0.5) is 11.5 Å². The molecule has 0 aromatic carbocycles. The lowest BCUT2D eigenvalue weighted by Crippen LogP contribution is -2.30. The number of aromatic nitrogens is 6. The van der Waals surface area contributed by atoms with Gasteiger partial charge in [-0.25, -0.2) is 14.5 Å². The van der Waals surface area contributed by atoms with Crippen molar-refractivity contribution in [3.8, 4) is 17.3 Å². The zero-order valence-corrected chi connectivity index (χ0v) is 19.9. The van der Waals surface area contributed by atoms with Crippen LogP contribution in [0.1, 0.15) is 29.8 Å². The third kappa shape index (κ3) is 4.44. The summed E-state index contributed by atoms with van der Waals surface area (Å²) in [6, 6.07) is 5.66. The Morgan fingerprint density at radius 2 is 2.11 bits per heavy atom. The molecule has 3 atom stereocenters. The van der Waals surface area contributed by atoms with Gasteiger partial charge in [-0.05, 0) is 25.0 Å². The van der Waals surface area contributed by atoms with Crippen LogP contribution < -0.4 is 16.0 Å². The summed E-state index contributed by atoms with van der Waals surface area (Å²) in [5.74, 6) is 0.417. The SMILES string of the molecule is C[C@@H](O)Cn1cc(-c2cn3ncc(C(N)=O)c(N[C@@H]4CN(c5ccc(C#N)cn5)C[C@@H]4C)c3n2)cn1. The molecule has 1 saturated heterocycles. The lowest BCUT2D eigenvalue weighted by atomic mass is 10.1. The van der Waals surface area contributed by atoms with Gasteiger partial charge in [0.1, 0.15) is 11.9 Å². The molecule has 184 valence electrons. The molecule has 0 aliphatic carbocycles. The number of nitrogens with one attached hydrogen (secondary N) is 1. The number of hydrogen-bond donors (Lipinski definition) is 3. The first-order valence-corrected chi connectivity index (χ1v) is 11.6. The summed E-state index contributed by atoms with van der Waals surface area (Å²) >= 11 is 0. The summed E-state index contributed by atoms with van der Waals surface area (Å²) < 4.78 is 3.26. The van der Waals surface area contributed by atoms with Crippen LogP contribution >= 0.6 is 0 Å². The smallest absolute Gasteiger partial charge is 0.252 e. The van der Waals surface area contributed by atoms with Crippen molar-refractivity contribution < 1.29 is 9.90 Å². The number of amides is 1. The van der Waals surface area contributed by atoms with Crippen LogP contribution in [0.15, 0.2) is 43.1 Å². The molecule has 0 unspecified atom stereocenters. The summed E-state index contributed by atoms with van der Waals surface area (Å²) in [5.41, 5.74) is 8.85. The summed E-state index contributed by atoms with van der Waals surface area (Å²) in [6.45, 7) is 5.59. The van der Waals surface area contributed by atoms with Crippen molar-refractivity contribution in [2.45, 2.75) is 32.5 Å². The van der Waals surface area contributed by atoms with Gasteiger partial charge in [-0.15, -0.1) is 0 Å². The van der Waals surface area contributed by atoms with Crippen LogP contribution in [-0.2, 0) is 6.54 Å². The highest BCUT2D eigenvalue weighted by atomic mass is 16.3. The molecule has 4 aromatic rings. The number of nitriles is 1. The minimum Gasteiger partial charge on any atom is -0.391 e.